The van der Waals surface area contributed by atoms with E-state index in [2.05, 4.69) is 20.3 Å². The van der Waals surface area contributed by atoms with Gasteiger partial charge in [0.25, 0.3) is 0 Å². The minimum Gasteiger partial charge on any atom is -0.463 e. The van der Waals surface area contributed by atoms with E-state index in [4.69, 9.17) is 22.1 Å². The van der Waals surface area contributed by atoms with Gasteiger partial charge in [-0.2, -0.15) is 15.0 Å². The largest absolute Gasteiger partial charge is 0.463 e. The topological polar surface area (TPSA) is 86.0 Å². The Hall–Kier alpha value is -2.08. The highest BCUT2D eigenvalue weighted by Gasteiger charge is 2.08. The molecule has 0 bridgehead atoms. The second-order valence-electron chi connectivity index (χ2n) is 4.26. The number of halogens is 1. The summed E-state index contributed by atoms with van der Waals surface area (Å²) in [5.74, 6) is 0.397. The van der Waals surface area contributed by atoms with Crippen molar-refractivity contribution >= 4 is 29.2 Å². The van der Waals surface area contributed by atoms with Crippen molar-refractivity contribution in [2.24, 2.45) is 0 Å². The Balaban J connectivity index is 2.24. The molecular weight excluding hydrogens is 278 g/mol. The van der Waals surface area contributed by atoms with E-state index in [1.54, 1.807) is 6.07 Å². The van der Waals surface area contributed by atoms with Gasteiger partial charge in [-0.25, -0.2) is 0 Å². The number of hydrogen-bond donors (Lipinski definition) is 2. The van der Waals surface area contributed by atoms with Crippen LogP contribution in [0.15, 0.2) is 18.2 Å². The predicted octanol–water partition coefficient (Wildman–Crippen LogP) is 2.95. The van der Waals surface area contributed by atoms with E-state index < -0.39 is 0 Å². The number of rotatable bonds is 5. The van der Waals surface area contributed by atoms with Crippen LogP contribution in [0.2, 0.25) is 5.02 Å². The summed E-state index contributed by atoms with van der Waals surface area (Å²) in [6.07, 6.45) is 0.859. The maximum atomic E-state index is 6.11. The molecule has 0 saturated carbocycles. The highest BCUT2D eigenvalue weighted by atomic mass is 35.5. The lowest BCUT2D eigenvalue weighted by atomic mass is 10.2. The fourth-order valence-corrected chi connectivity index (χ4v) is 1.71. The van der Waals surface area contributed by atoms with Crippen LogP contribution in [0.3, 0.4) is 0 Å². The fourth-order valence-electron chi connectivity index (χ4n) is 1.54. The summed E-state index contributed by atoms with van der Waals surface area (Å²) in [5.41, 5.74) is 7.42. The lowest BCUT2D eigenvalue weighted by molar-refractivity contribution is 0.292. The second kappa shape index (κ2) is 6.38. The van der Waals surface area contributed by atoms with Gasteiger partial charge in [-0.1, -0.05) is 24.6 Å². The van der Waals surface area contributed by atoms with E-state index in [0.717, 1.165) is 12.0 Å². The third-order valence-electron chi connectivity index (χ3n) is 2.44. The van der Waals surface area contributed by atoms with Crippen molar-refractivity contribution in [3.63, 3.8) is 0 Å². The Labute approximate surface area is 122 Å². The van der Waals surface area contributed by atoms with Crippen molar-refractivity contribution in [3.05, 3.63) is 28.8 Å². The number of aromatic nitrogens is 3. The van der Waals surface area contributed by atoms with Gasteiger partial charge in [0.1, 0.15) is 0 Å². The fraction of sp³-hybridized carbons (Fsp3) is 0.308. The minimum absolute atomic E-state index is 0.0948. The maximum absolute atomic E-state index is 6.11. The number of benzene rings is 1. The van der Waals surface area contributed by atoms with E-state index in [1.807, 2.05) is 26.0 Å². The number of anilines is 3. The first-order valence-electron chi connectivity index (χ1n) is 6.26. The molecule has 0 unspecified atom stereocenters. The Morgan fingerprint density at radius 2 is 2.10 bits per heavy atom. The molecule has 2 rings (SSSR count). The summed E-state index contributed by atoms with van der Waals surface area (Å²) in [4.78, 5) is 12.1. The first-order chi connectivity index (χ1) is 9.58. The van der Waals surface area contributed by atoms with Gasteiger partial charge in [0, 0.05) is 0 Å². The molecule has 6 nitrogen and oxygen atoms in total. The van der Waals surface area contributed by atoms with Crippen LogP contribution in [0.25, 0.3) is 0 Å². The molecule has 0 fully saturated rings. The van der Waals surface area contributed by atoms with E-state index in [9.17, 15) is 0 Å². The molecule has 1 aromatic carbocycles. The molecule has 0 amide bonds. The van der Waals surface area contributed by atoms with Gasteiger partial charge in [0.2, 0.25) is 11.9 Å². The summed E-state index contributed by atoms with van der Waals surface area (Å²) < 4.78 is 5.35. The quantitative estimate of drug-likeness (QED) is 0.881. The Bertz CT molecular complexity index is 605. The van der Waals surface area contributed by atoms with Crippen molar-refractivity contribution < 1.29 is 4.74 Å². The van der Waals surface area contributed by atoms with Crippen LogP contribution in [0, 0.1) is 6.92 Å². The van der Waals surface area contributed by atoms with Gasteiger partial charge in [-0.05, 0) is 31.0 Å². The normalized spacial score (nSPS) is 10.3. The summed E-state index contributed by atoms with van der Waals surface area (Å²) in [6, 6.07) is 5.82. The molecule has 0 saturated heterocycles. The molecule has 0 aliphatic rings. The smallest absolute Gasteiger partial charge is 0.323 e. The van der Waals surface area contributed by atoms with E-state index >= 15 is 0 Å². The second-order valence-corrected chi connectivity index (χ2v) is 4.66. The van der Waals surface area contributed by atoms with Gasteiger partial charge < -0.3 is 15.8 Å². The molecule has 0 aliphatic heterocycles. The number of nitrogens with zero attached hydrogens (tertiary/aromatic N) is 3. The molecule has 106 valence electrons. The van der Waals surface area contributed by atoms with Gasteiger partial charge in [0.05, 0.1) is 17.3 Å². The lowest BCUT2D eigenvalue weighted by Gasteiger charge is -2.09. The molecule has 0 radical (unpaired) electrons. The first kappa shape index (κ1) is 14.3. The first-order valence-corrected chi connectivity index (χ1v) is 6.64. The third-order valence-corrected chi connectivity index (χ3v) is 2.77. The summed E-state index contributed by atoms with van der Waals surface area (Å²) >= 11 is 6.11. The summed E-state index contributed by atoms with van der Waals surface area (Å²) in [7, 11) is 0. The van der Waals surface area contributed by atoms with Gasteiger partial charge in [-0.15, -0.1) is 0 Å². The summed E-state index contributed by atoms with van der Waals surface area (Å²) in [6.45, 7) is 4.49. The lowest BCUT2D eigenvalue weighted by Crippen LogP contribution is -2.07. The molecule has 2 aromatic rings. The Kier molecular flexibility index (Phi) is 4.57. The van der Waals surface area contributed by atoms with Gasteiger partial charge in [-0.3, -0.25) is 0 Å². The standard InChI is InChI=1S/C13H16ClN5O/c1-3-6-20-13-18-11(15)17-12(19-13)16-10-7-8(2)4-5-9(10)14/h4-5,7H,3,6H2,1-2H3,(H3,15,16,17,18,19). The molecule has 3 N–H and O–H groups in total. The van der Waals surface area contributed by atoms with Crippen LogP contribution >= 0.6 is 11.6 Å². The van der Waals surface area contributed by atoms with Crippen LogP contribution in [0.1, 0.15) is 18.9 Å². The van der Waals surface area contributed by atoms with Crippen LogP contribution < -0.4 is 15.8 Å². The third kappa shape index (κ3) is 3.71. The van der Waals surface area contributed by atoms with Crippen LogP contribution in [-0.4, -0.2) is 21.6 Å². The summed E-state index contributed by atoms with van der Waals surface area (Å²) in [5, 5.41) is 3.59. The van der Waals surface area contributed by atoms with Crippen molar-refractivity contribution in [2.75, 3.05) is 17.7 Å². The average Bonchev–Trinajstić information content (AvgIpc) is 2.40. The van der Waals surface area contributed by atoms with E-state index in [1.165, 1.54) is 0 Å². The molecule has 0 atom stereocenters. The van der Waals surface area contributed by atoms with Crippen LogP contribution in [0.5, 0.6) is 6.01 Å². The van der Waals surface area contributed by atoms with Crippen molar-refractivity contribution in [2.45, 2.75) is 20.3 Å². The number of ether oxygens (including phenoxy) is 1. The zero-order valence-electron chi connectivity index (χ0n) is 11.4. The predicted molar refractivity (Wildman–Crippen MR) is 79.5 cm³/mol. The van der Waals surface area contributed by atoms with E-state index in [-0.39, 0.29) is 12.0 Å². The average molecular weight is 294 g/mol. The number of nitrogens with two attached hydrogens (primary N) is 1. The Morgan fingerprint density at radius 1 is 1.30 bits per heavy atom. The highest BCUT2D eigenvalue weighted by molar-refractivity contribution is 6.33. The maximum Gasteiger partial charge on any atom is 0.323 e. The number of nitrogen functional groups attached to an aromatic ring is 1. The Morgan fingerprint density at radius 3 is 2.85 bits per heavy atom. The zero-order chi connectivity index (χ0) is 14.5. The van der Waals surface area contributed by atoms with Crippen molar-refractivity contribution in [1.82, 2.24) is 15.0 Å². The number of aryl methyl sites for hydroxylation is 1. The molecule has 0 aliphatic carbocycles. The molecule has 1 aromatic heterocycles. The molecular formula is C13H16ClN5O. The highest BCUT2D eigenvalue weighted by Crippen LogP contribution is 2.25. The number of nitrogens with one attached hydrogen (secondary N) is 1. The zero-order valence-corrected chi connectivity index (χ0v) is 12.1. The van der Waals surface area contributed by atoms with Crippen molar-refractivity contribution in [3.8, 4) is 6.01 Å². The van der Waals surface area contributed by atoms with Gasteiger partial charge >= 0.3 is 6.01 Å². The molecule has 1 heterocycles. The van der Waals surface area contributed by atoms with Crippen LogP contribution in [0.4, 0.5) is 17.6 Å². The number of hydrogen-bond acceptors (Lipinski definition) is 6. The molecule has 0 spiro atoms. The minimum atomic E-state index is 0.0948. The van der Waals surface area contributed by atoms with Gasteiger partial charge in [0.15, 0.2) is 0 Å². The monoisotopic (exact) mass is 293 g/mol. The SMILES string of the molecule is CCCOc1nc(N)nc(Nc2cc(C)ccc2Cl)n1. The van der Waals surface area contributed by atoms with Crippen LogP contribution in [-0.2, 0) is 0 Å². The molecule has 20 heavy (non-hydrogen) atoms. The van der Waals surface area contributed by atoms with Crippen molar-refractivity contribution in [1.29, 1.82) is 0 Å². The van der Waals surface area contributed by atoms with E-state index in [0.29, 0.717) is 23.3 Å². The molecule has 7 heteroatoms.